The summed E-state index contributed by atoms with van der Waals surface area (Å²) in [6.45, 7) is 4.81. The molecule has 5 heteroatoms. The van der Waals surface area contributed by atoms with Gasteiger partial charge in [-0.25, -0.2) is 4.37 Å². The highest BCUT2D eigenvalue weighted by molar-refractivity contribution is 7.05. The van der Waals surface area contributed by atoms with Crippen molar-refractivity contribution in [2.45, 2.75) is 26.4 Å². The summed E-state index contributed by atoms with van der Waals surface area (Å²) in [6, 6.07) is 7.99. The highest BCUT2D eigenvalue weighted by atomic mass is 35.5. The molecule has 2 heterocycles. The van der Waals surface area contributed by atoms with Gasteiger partial charge in [-0.2, -0.15) is 0 Å². The lowest BCUT2D eigenvalue weighted by molar-refractivity contribution is 0.310. The molecule has 0 spiro atoms. The van der Waals surface area contributed by atoms with E-state index in [4.69, 9.17) is 16.3 Å². The molecule has 0 bridgehead atoms. The highest BCUT2D eigenvalue weighted by Gasteiger charge is 2.09. The molecule has 1 N–H and O–H groups in total. The Hall–Kier alpha value is -1.52. The van der Waals surface area contributed by atoms with Crippen LogP contribution in [-0.2, 0) is 6.61 Å². The third-order valence-electron chi connectivity index (χ3n) is 3.18. The number of H-pyrrole nitrogens is 1. The lowest BCUT2D eigenvalue weighted by Crippen LogP contribution is -1.93. The fourth-order valence-electron chi connectivity index (χ4n) is 2.04. The molecule has 0 atom stereocenters. The number of fused-ring (bicyclic) bond motifs is 1. The van der Waals surface area contributed by atoms with Crippen LogP contribution in [0, 0.1) is 0 Å². The molecule has 20 heavy (non-hydrogen) atoms. The molecule has 0 unspecified atom stereocenters. The quantitative estimate of drug-likeness (QED) is 0.738. The van der Waals surface area contributed by atoms with Crippen LogP contribution in [-0.4, -0.2) is 9.36 Å². The van der Waals surface area contributed by atoms with E-state index in [1.165, 1.54) is 17.2 Å². The second-order valence-corrected chi connectivity index (χ2v) is 6.34. The Morgan fingerprint density at radius 2 is 2.20 bits per heavy atom. The molecule has 0 aliphatic carbocycles. The van der Waals surface area contributed by atoms with Crippen LogP contribution in [0.2, 0.25) is 5.02 Å². The Morgan fingerprint density at radius 1 is 1.35 bits per heavy atom. The Labute approximate surface area is 126 Å². The maximum atomic E-state index is 6.28. The van der Waals surface area contributed by atoms with Crippen molar-refractivity contribution in [3.8, 4) is 5.75 Å². The van der Waals surface area contributed by atoms with E-state index in [1.54, 1.807) is 6.20 Å². The minimum absolute atomic E-state index is 0.461. The summed E-state index contributed by atoms with van der Waals surface area (Å²) in [5, 5.41) is 1.75. The molecule has 3 rings (SSSR count). The van der Waals surface area contributed by atoms with E-state index in [0.717, 1.165) is 15.8 Å². The second-order valence-electron chi connectivity index (χ2n) is 5.02. The van der Waals surface area contributed by atoms with Crippen LogP contribution in [0.25, 0.3) is 10.9 Å². The number of halogens is 1. The third kappa shape index (κ3) is 2.67. The lowest BCUT2D eigenvalue weighted by atomic mass is 10.1. The van der Waals surface area contributed by atoms with Gasteiger partial charge in [0.1, 0.15) is 12.4 Å². The van der Waals surface area contributed by atoms with Crippen LogP contribution >= 0.6 is 23.1 Å². The summed E-state index contributed by atoms with van der Waals surface area (Å²) in [5.41, 5.74) is 2.26. The van der Waals surface area contributed by atoms with Crippen LogP contribution in [0.15, 0.2) is 30.5 Å². The van der Waals surface area contributed by atoms with Gasteiger partial charge in [-0.3, -0.25) is 0 Å². The van der Waals surface area contributed by atoms with E-state index >= 15 is 0 Å². The number of benzene rings is 1. The molecule has 3 nitrogen and oxygen atoms in total. The number of nitrogens with one attached hydrogen (secondary N) is 1. The molecule has 0 saturated heterocycles. The first-order valence-electron chi connectivity index (χ1n) is 6.48. The molecule has 1 aromatic carbocycles. The predicted octanol–water partition coefficient (Wildman–Crippen LogP) is 4.98. The van der Waals surface area contributed by atoms with E-state index in [2.05, 4.69) is 29.3 Å². The highest BCUT2D eigenvalue weighted by Crippen LogP contribution is 2.32. The molecular formula is C15H15ClN2OS. The largest absolute Gasteiger partial charge is 0.486 e. The Kier molecular flexibility index (Phi) is 3.68. The molecule has 104 valence electrons. The maximum absolute atomic E-state index is 6.28. The van der Waals surface area contributed by atoms with Crippen molar-refractivity contribution in [3.63, 3.8) is 0 Å². The van der Waals surface area contributed by atoms with E-state index in [0.29, 0.717) is 23.3 Å². The zero-order valence-corrected chi connectivity index (χ0v) is 12.9. The van der Waals surface area contributed by atoms with Gasteiger partial charge in [-0.1, -0.05) is 25.4 Å². The summed E-state index contributed by atoms with van der Waals surface area (Å²) in [5.74, 6) is 1.16. The topological polar surface area (TPSA) is 37.9 Å². The number of nitrogens with zero attached hydrogens (tertiary/aromatic N) is 1. The SMILES string of the molecule is CC(C)c1cc2cc(Cl)c(OCc3ccns3)cc2[nH]1. The zero-order chi connectivity index (χ0) is 14.1. The van der Waals surface area contributed by atoms with E-state index in [9.17, 15) is 0 Å². The molecule has 0 amide bonds. The smallest absolute Gasteiger partial charge is 0.140 e. The summed E-state index contributed by atoms with van der Waals surface area (Å²) < 4.78 is 9.83. The zero-order valence-electron chi connectivity index (χ0n) is 11.3. The van der Waals surface area contributed by atoms with Gasteiger partial charge in [0, 0.05) is 28.9 Å². The number of hydrogen-bond acceptors (Lipinski definition) is 3. The average molecular weight is 307 g/mol. The fourth-order valence-corrected chi connectivity index (χ4v) is 2.76. The summed E-state index contributed by atoms with van der Waals surface area (Å²) in [4.78, 5) is 4.49. The van der Waals surface area contributed by atoms with Crippen molar-refractivity contribution in [2.75, 3.05) is 0 Å². The predicted molar refractivity (Wildman–Crippen MR) is 83.8 cm³/mol. The van der Waals surface area contributed by atoms with Crippen molar-refractivity contribution in [3.05, 3.63) is 46.1 Å². The molecule has 2 aromatic heterocycles. The summed E-state index contributed by atoms with van der Waals surface area (Å²) in [6.07, 6.45) is 1.77. The maximum Gasteiger partial charge on any atom is 0.140 e. The summed E-state index contributed by atoms with van der Waals surface area (Å²) >= 11 is 7.71. The number of hydrogen-bond donors (Lipinski definition) is 1. The van der Waals surface area contributed by atoms with Gasteiger partial charge < -0.3 is 9.72 Å². The standard InChI is InChI=1S/C15H15ClN2OS/c1-9(2)13-6-10-5-12(16)15(7-14(10)18-13)19-8-11-3-4-17-20-11/h3-7,9,18H,8H2,1-2H3. The van der Waals surface area contributed by atoms with Crippen LogP contribution in [0.5, 0.6) is 5.75 Å². The molecule has 0 radical (unpaired) electrons. The molecule has 0 saturated carbocycles. The fraction of sp³-hybridized carbons (Fsp3) is 0.267. The van der Waals surface area contributed by atoms with Crippen LogP contribution in [0.1, 0.15) is 30.3 Å². The van der Waals surface area contributed by atoms with Gasteiger partial charge in [-0.05, 0) is 35.6 Å². The van der Waals surface area contributed by atoms with E-state index in [1.807, 2.05) is 18.2 Å². The minimum atomic E-state index is 0.461. The van der Waals surface area contributed by atoms with Crippen molar-refractivity contribution < 1.29 is 4.74 Å². The first-order chi connectivity index (χ1) is 9.63. The van der Waals surface area contributed by atoms with Gasteiger partial charge in [0.25, 0.3) is 0 Å². The molecular weight excluding hydrogens is 292 g/mol. The van der Waals surface area contributed by atoms with Gasteiger partial charge in [0.05, 0.1) is 9.90 Å². The lowest BCUT2D eigenvalue weighted by Gasteiger charge is -2.06. The van der Waals surface area contributed by atoms with E-state index in [-0.39, 0.29) is 0 Å². The van der Waals surface area contributed by atoms with Crippen molar-refractivity contribution in [1.29, 1.82) is 0 Å². The van der Waals surface area contributed by atoms with Gasteiger partial charge in [0.15, 0.2) is 0 Å². The first-order valence-corrected chi connectivity index (χ1v) is 7.63. The Morgan fingerprint density at radius 3 is 2.90 bits per heavy atom. The molecule has 0 aliphatic rings. The Bertz CT molecular complexity index is 719. The molecule has 0 aliphatic heterocycles. The number of aromatic amines is 1. The number of rotatable bonds is 4. The van der Waals surface area contributed by atoms with Gasteiger partial charge in [0.2, 0.25) is 0 Å². The van der Waals surface area contributed by atoms with Crippen LogP contribution < -0.4 is 4.74 Å². The van der Waals surface area contributed by atoms with Gasteiger partial charge in [-0.15, -0.1) is 0 Å². The second kappa shape index (κ2) is 5.46. The van der Waals surface area contributed by atoms with Crippen molar-refractivity contribution in [1.82, 2.24) is 9.36 Å². The van der Waals surface area contributed by atoms with Crippen molar-refractivity contribution in [2.24, 2.45) is 0 Å². The van der Waals surface area contributed by atoms with Crippen molar-refractivity contribution >= 4 is 34.0 Å². The number of ether oxygens (including phenoxy) is 1. The Balaban J connectivity index is 1.88. The molecule has 3 aromatic rings. The van der Waals surface area contributed by atoms with E-state index < -0.39 is 0 Å². The first kappa shape index (κ1) is 13.5. The monoisotopic (exact) mass is 306 g/mol. The number of aromatic nitrogens is 2. The van der Waals surface area contributed by atoms with Gasteiger partial charge >= 0.3 is 0 Å². The normalized spacial score (nSPS) is 11.4. The summed E-state index contributed by atoms with van der Waals surface area (Å²) in [7, 11) is 0. The van der Waals surface area contributed by atoms with Crippen LogP contribution in [0.4, 0.5) is 0 Å². The molecule has 0 fully saturated rings. The van der Waals surface area contributed by atoms with Crippen LogP contribution in [0.3, 0.4) is 0 Å². The third-order valence-corrected chi connectivity index (χ3v) is 4.19. The minimum Gasteiger partial charge on any atom is -0.486 e. The average Bonchev–Trinajstić information content (AvgIpc) is 3.04.